The second-order valence-electron chi connectivity index (χ2n) is 2.57. The summed E-state index contributed by atoms with van der Waals surface area (Å²) in [5, 5.41) is 9.19. The van der Waals surface area contributed by atoms with Gasteiger partial charge in [0.15, 0.2) is 0 Å². The number of aromatic nitrogens is 1. The van der Waals surface area contributed by atoms with Gasteiger partial charge in [0.2, 0.25) is 5.76 Å². The van der Waals surface area contributed by atoms with Crippen LogP contribution in [0, 0.1) is 0 Å². The second kappa shape index (κ2) is 3.80. The molecule has 0 amide bonds. The molecule has 0 radical (unpaired) electrons. The molecule has 13 heavy (non-hydrogen) atoms. The number of aliphatic hydroxyl groups is 1. The van der Waals surface area contributed by atoms with Gasteiger partial charge < -0.3 is 14.4 Å². The van der Waals surface area contributed by atoms with E-state index < -0.39 is 11.7 Å². The number of carbonyl (C=O) groups excluding carboxylic acids is 1. The zero-order valence-corrected chi connectivity index (χ0v) is 7.52. The Hall–Kier alpha value is -1.71. The van der Waals surface area contributed by atoms with Crippen LogP contribution >= 0.6 is 0 Å². The average Bonchev–Trinajstić information content (AvgIpc) is 2.50. The molecule has 0 atom stereocenters. The van der Waals surface area contributed by atoms with Gasteiger partial charge in [-0.15, -0.1) is 0 Å². The summed E-state index contributed by atoms with van der Waals surface area (Å²) in [6.07, 6.45) is 3.17. The highest BCUT2D eigenvalue weighted by atomic mass is 16.5. The van der Waals surface area contributed by atoms with E-state index in [4.69, 9.17) is 0 Å². The van der Waals surface area contributed by atoms with Crippen molar-refractivity contribution in [2.45, 2.75) is 0 Å². The Morgan fingerprint density at radius 1 is 1.69 bits per heavy atom. The van der Waals surface area contributed by atoms with E-state index in [1.165, 1.54) is 13.2 Å². The third-order valence-corrected chi connectivity index (χ3v) is 1.66. The van der Waals surface area contributed by atoms with Gasteiger partial charge in [0.25, 0.3) is 0 Å². The smallest absolute Gasteiger partial charge is 0.373 e. The second-order valence-corrected chi connectivity index (χ2v) is 2.57. The fraction of sp³-hybridized carbons (Fsp3) is 0.222. The molecule has 4 heteroatoms. The fourth-order valence-corrected chi connectivity index (χ4v) is 0.928. The summed E-state index contributed by atoms with van der Waals surface area (Å²) >= 11 is 0. The van der Waals surface area contributed by atoms with E-state index in [2.05, 4.69) is 4.74 Å². The van der Waals surface area contributed by atoms with E-state index in [9.17, 15) is 9.90 Å². The van der Waals surface area contributed by atoms with Gasteiger partial charge in [-0.1, -0.05) is 0 Å². The molecule has 0 bridgehead atoms. The van der Waals surface area contributed by atoms with Crippen molar-refractivity contribution in [1.29, 1.82) is 0 Å². The Balaban J connectivity index is 2.88. The van der Waals surface area contributed by atoms with Crippen molar-refractivity contribution >= 4 is 12.0 Å². The molecule has 0 unspecified atom stereocenters. The molecule has 1 rings (SSSR count). The molecule has 1 aromatic rings. The molecular formula is C9H11NO3. The molecule has 4 nitrogen and oxygen atoms in total. The molecule has 0 fully saturated rings. The predicted octanol–water partition coefficient (Wildman–Crippen LogP) is 1.10. The minimum Gasteiger partial charge on any atom is -0.502 e. The fourth-order valence-electron chi connectivity index (χ4n) is 0.928. The van der Waals surface area contributed by atoms with Gasteiger partial charge >= 0.3 is 5.97 Å². The summed E-state index contributed by atoms with van der Waals surface area (Å²) in [5.41, 5.74) is 0.739. The third-order valence-electron chi connectivity index (χ3n) is 1.66. The lowest BCUT2D eigenvalue weighted by Crippen LogP contribution is -2.04. The number of esters is 1. The van der Waals surface area contributed by atoms with Crippen LogP contribution in [0.25, 0.3) is 6.08 Å². The van der Waals surface area contributed by atoms with Crippen LogP contribution in [0.15, 0.2) is 24.1 Å². The summed E-state index contributed by atoms with van der Waals surface area (Å²) in [5.74, 6) is -1.13. The largest absolute Gasteiger partial charge is 0.502 e. The van der Waals surface area contributed by atoms with Crippen LogP contribution < -0.4 is 0 Å². The topological polar surface area (TPSA) is 51.5 Å². The first-order valence-electron chi connectivity index (χ1n) is 3.75. The summed E-state index contributed by atoms with van der Waals surface area (Å²) in [6.45, 7) is 0. The van der Waals surface area contributed by atoms with Gasteiger partial charge in [-0.2, -0.15) is 0 Å². The van der Waals surface area contributed by atoms with E-state index in [1.54, 1.807) is 10.6 Å². The summed E-state index contributed by atoms with van der Waals surface area (Å²) < 4.78 is 6.11. The molecule has 0 aliphatic heterocycles. The molecule has 0 saturated heterocycles. The van der Waals surface area contributed by atoms with Gasteiger partial charge in [0.1, 0.15) is 0 Å². The lowest BCUT2D eigenvalue weighted by molar-refractivity contribution is -0.138. The molecule has 1 heterocycles. The number of methoxy groups -OCH3 is 1. The van der Waals surface area contributed by atoms with E-state index in [0.29, 0.717) is 0 Å². The number of nitrogens with zero attached hydrogens (tertiary/aromatic N) is 1. The molecular weight excluding hydrogens is 170 g/mol. The standard InChI is InChI=1S/C9H11NO3/c1-10-5-3-4-7(10)6-8(11)9(12)13-2/h3-6,11H,1-2H3/b8-6-. The number of hydrogen-bond acceptors (Lipinski definition) is 3. The van der Waals surface area contributed by atoms with Crippen LogP contribution in [0.3, 0.4) is 0 Å². The summed E-state index contributed by atoms with van der Waals surface area (Å²) in [7, 11) is 3.04. The molecule has 0 spiro atoms. The van der Waals surface area contributed by atoms with Gasteiger partial charge in [-0.3, -0.25) is 0 Å². The van der Waals surface area contributed by atoms with E-state index in [0.717, 1.165) is 5.69 Å². The first kappa shape index (κ1) is 9.38. The van der Waals surface area contributed by atoms with Crippen molar-refractivity contribution < 1.29 is 14.6 Å². The quantitative estimate of drug-likeness (QED) is 0.422. The number of carbonyl (C=O) groups is 1. The maximum Gasteiger partial charge on any atom is 0.373 e. The van der Waals surface area contributed by atoms with Crippen LogP contribution in [-0.4, -0.2) is 22.8 Å². The van der Waals surface area contributed by atoms with Crippen molar-refractivity contribution in [3.63, 3.8) is 0 Å². The van der Waals surface area contributed by atoms with Crippen molar-refractivity contribution in [2.75, 3.05) is 7.11 Å². The van der Waals surface area contributed by atoms with Crippen LogP contribution in [0.4, 0.5) is 0 Å². The van der Waals surface area contributed by atoms with Crippen LogP contribution in [0.5, 0.6) is 0 Å². The monoisotopic (exact) mass is 181 g/mol. The minimum atomic E-state index is -0.735. The van der Waals surface area contributed by atoms with Gasteiger partial charge in [0.05, 0.1) is 7.11 Å². The Labute approximate surface area is 76.1 Å². The van der Waals surface area contributed by atoms with Crippen LogP contribution in [0.2, 0.25) is 0 Å². The van der Waals surface area contributed by atoms with Gasteiger partial charge in [0, 0.05) is 25.0 Å². The third kappa shape index (κ3) is 2.11. The number of ether oxygens (including phenoxy) is 1. The Kier molecular flexibility index (Phi) is 2.74. The Bertz CT molecular complexity index is 338. The lowest BCUT2D eigenvalue weighted by atomic mass is 10.3. The van der Waals surface area contributed by atoms with Crippen LogP contribution in [-0.2, 0) is 16.6 Å². The zero-order chi connectivity index (χ0) is 9.84. The predicted molar refractivity (Wildman–Crippen MR) is 48.0 cm³/mol. The summed E-state index contributed by atoms with van der Waals surface area (Å²) in [4.78, 5) is 10.8. The maximum atomic E-state index is 10.8. The number of aliphatic hydroxyl groups excluding tert-OH is 1. The zero-order valence-electron chi connectivity index (χ0n) is 7.52. The molecule has 1 aromatic heterocycles. The number of rotatable bonds is 2. The van der Waals surface area contributed by atoms with E-state index in [1.807, 2.05) is 19.3 Å². The van der Waals surface area contributed by atoms with Gasteiger partial charge in [-0.25, -0.2) is 4.79 Å². The molecule has 0 aromatic carbocycles. The molecule has 0 saturated carbocycles. The average molecular weight is 181 g/mol. The number of aryl methyl sites for hydroxylation is 1. The van der Waals surface area contributed by atoms with Gasteiger partial charge in [-0.05, 0) is 12.1 Å². The van der Waals surface area contributed by atoms with Crippen LogP contribution in [0.1, 0.15) is 5.69 Å². The first-order valence-corrected chi connectivity index (χ1v) is 3.75. The Morgan fingerprint density at radius 3 is 2.85 bits per heavy atom. The first-order chi connectivity index (χ1) is 6.15. The Morgan fingerprint density at radius 2 is 2.38 bits per heavy atom. The maximum absolute atomic E-state index is 10.8. The number of hydrogen-bond donors (Lipinski definition) is 1. The minimum absolute atomic E-state index is 0.399. The van der Waals surface area contributed by atoms with Crippen molar-refractivity contribution in [2.24, 2.45) is 7.05 Å². The SMILES string of the molecule is COC(=O)/C(O)=C/c1cccn1C. The molecule has 0 aliphatic carbocycles. The summed E-state index contributed by atoms with van der Waals surface area (Å²) in [6, 6.07) is 3.59. The normalized spacial score (nSPS) is 11.4. The van der Waals surface area contributed by atoms with E-state index >= 15 is 0 Å². The van der Waals surface area contributed by atoms with Crippen molar-refractivity contribution in [3.05, 3.63) is 29.8 Å². The van der Waals surface area contributed by atoms with Crippen molar-refractivity contribution in [3.8, 4) is 0 Å². The highest BCUT2D eigenvalue weighted by Gasteiger charge is 2.06. The molecule has 70 valence electrons. The molecule has 1 N–H and O–H groups in total. The lowest BCUT2D eigenvalue weighted by Gasteiger charge is -1.98. The van der Waals surface area contributed by atoms with Crippen molar-refractivity contribution in [1.82, 2.24) is 4.57 Å². The highest BCUT2D eigenvalue weighted by molar-refractivity contribution is 5.90. The van der Waals surface area contributed by atoms with E-state index in [-0.39, 0.29) is 0 Å². The molecule has 0 aliphatic rings. The highest BCUT2D eigenvalue weighted by Crippen LogP contribution is 2.05.